The van der Waals surface area contributed by atoms with Crippen molar-refractivity contribution < 1.29 is 9.53 Å². The summed E-state index contributed by atoms with van der Waals surface area (Å²) in [4.78, 5) is 23.2. The van der Waals surface area contributed by atoms with Gasteiger partial charge in [-0.1, -0.05) is 6.07 Å². The molecule has 0 aromatic carbocycles. The number of hydrogen-bond acceptors (Lipinski definition) is 6. The number of ether oxygens (including phenoxy) is 1. The van der Waals surface area contributed by atoms with Gasteiger partial charge in [0.05, 0.1) is 6.61 Å². The number of nitrogens with zero attached hydrogens (tertiary/aromatic N) is 4. The number of carbonyl (C=O) groups excluding carboxylic acids is 1. The topological polar surface area (TPSA) is 93.1 Å². The first-order chi connectivity index (χ1) is 8.79. The van der Waals surface area contributed by atoms with Crippen molar-refractivity contribution >= 4 is 18.1 Å². The Hall–Kier alpha value is -2.57. The molecule has 0 spiro atoms. The summed E-state index contributed by atoms with van der Waals surface area (Å²) in [7, 11) is 0. The van der Waals surface area contributed by atoms with E-state index in [0.717, 1.165) is 5.56 Å². The summed E-state index contributed by atoms with van der Waals surface area (Å²) in [5, 5.41) is 6.24. The number of rotatable bonds is 4. The molecule has 0 unspecified atom stereocenters. The van der Waals surface area contributed by atoms with Crippen LogP contribution in [0.1, 0.15) is 23.1 Å². The smallest absolute Gasteiger partial charge is 0.375 e. The van der Waals surface area contributed by atoms with Crippen LogP contribution in [0.4, 0.5) is 5.95 Å². The summed E-state index contributed by atoms with van der Waals surface area (Å²) in [5.41, 5.74) is 0.819. The van der Waals surface area contributed by atoms with E-state index < -0.39 is 5.97 Å². The molecule has 92 valence electrons. The zero-order chi connectivity index (χ0) is 12.8. The Labute approximate surface area is 103 Å². The number of hydrogen-bond donors (Lipinski definition) is 1. The zero-order valence-corrected chi connectivity index (χ0v) is 9.70. The second kappa shape index (κ2) is 5.67. The van der Waals surface area contributed by atoms with E-state index in [1.54, 1.807) is 31.6 Å². The monoisotopic (exact) mass is 245 g/mol. The van der Waals surface area contributed by atoms with E-state index in [1.807, 2.05) is 6.07 Å². The summed E-state index contributed by atoms with van der Waals surface area (Å²) in [6, 6.07) is 3.64. The number of aromatic amines is 1. The van der Waals surface area contributed by atoms with E-state index in [4.69, 9.17) is 4.74 Å². The van der Waals surface area contributed by atoms with Gasteiger partial charge in [0, 0.05) is 24.2 Å². The minimum Gasteiger partial charge on any atom is -0.460 e. The molecule has 7 nitrogen and oxygen atoms in total. The van der Waals surface area contributed by atoms with Crippen LogP contribution in [0, 0.1) is 0 Å². The molecule has 0 amide bonds. The Kier molecular flexibility index (Phi) is 3.75. The van der Waals surface area contributed by atoms with Crippen molar-refractivity contribution in [1.82, 2.24) is 20.2 Å². The Bertz CT molecular complexity index is 550. The number of H-pyrrole nitrogens is 1. The van der Waals surface area contributed by atoms with Gasteiger partial charge in [-0.05, 0) is 13.0 Å². The standard InChI is InChI=1S/C11H11N5O2/c1-2-18-10(17)9-14-11(16-15-9)13-7-8-4-3-5-12-6-8/h3-7H,2H2,1H3,(H,14,15,16)/b13-7+. The van der Waals surface area contributed by atoms with Gasteiger partial charge in [-0.2, -0.15) is 4.98 Å². The normalized spacial score (nSPS) is 10.7. The van der Waals surface area contributed by atoms with Crippen molar-refractivity contribution in [3.8, 4) is 0 Å². The maximum atomic E-state index is 11.3. The largest absolute Gasteiger partial charge is 0.460 e. The van der Waals surface area contributed by atoms with Gasteiger partial charge in [-0.3, -0.25) is 10.1 Å². The van der Waals surface area contributed by atoms with Crippen LogP contribution in [0.3, 0.4) is 0 Å². The first kappa shape index (κ1) is 11.9. The fourth-order valence-electron chi connectivity index (χ4n) is 1.19. The molecule has 2 aromatic heterocycles. The molecule has 0 bridgehead atoms. The predicted molar refractivity (Wildman–Crippen MR) is 63.8 cm³/mol. The van der Waals surface area contributed by atoms with Gasteiger partial charge in [0.25, 0.3) is 5.95 Å². The maximum Gasteiger partial charge on any atom is 0.375 e. The van der Waals surface area contributed by atoms with E-state index in [0.29, 0.717) is 0 Å². The average molecular weight is 245 g/mol. The summed E-state index contributed by atoms with van der Waals surface area (Å²) < 4.78 is 4.77. The first-order valence-electron chi connectivity index (χ1n) is 5.33. The van der Waals surface area contributed by atoms with Crippen LogP contribution in [0.5, 0.6) is 0 Å². The molecule has 0 aliphatic heterocycles. The second-order valence-electron chi connectivity index (χ2n) is 3.25. The van der Waals surface area contributed by atoms with Crippen LogP contribution in [0.2, 0.25) is 0 Å². The summed E-state index contributed by atoms with van der Waals surface area (Å²) in [6.45, 7) is 2.00. The Morgan fingerprint density at radius 2 is 2.50 bits per heavy atom. The second-order valence-corrected chi connectivity index (χ2v) is 3.25. The van der Waals surface area contributed by atoms with Crippen molar-refractivity contribution in [2.75, 3.05) is 6.61 Å². The Balaban J connectivity index is 2.07. The summed E-state index contributed by atoms with van der Waals surface area (Å²) in [6.07, 6.45) is 4.89. The molecule has 2 heterocycles. The first-order valence-corrected chi connectivity index (χ1v) is 5.33. The maximum absolute atomic E-state index is 11.3. The highest BCUT2D eigenvalue weighted by atomic mass is 16.5. The van der Waals surface area contributed by atoms with Gasteiger partial charge in [0.1, 0.15) is 0 Å². The number of aromatic nitrogens is 4. The van der Waals surface area contributed by atoms with Crippen LogP contribution < -0.4 is 0 Å². The van der Waals surface area contributed by atoms with Crippen LogP contribution >= 0.6 is 0 Å². The summed E-state index contributed by atoms with van der Waals surface area (Å²) in [5.74, 6) is -0.343. The van der Waals surface area contributed by atoms with Gasteiger partial charge < -0.3 is 4.74 Å². The molecule has 2 aromatic rings. The molecular weight excluding hydrogens is 234 g/mol. The quantitative estimate of drug-likeness (QED) is 0.643. The fraction of sp³-hybridized carbons (Fsp3) is 0.182. The lowest BCUT2D eigenvalue weighted by molar-refractivity contribution is 0.0512. The minimum atomic E-state index is -0.548. The molecule has 0 saturated carbocycles. The third-order valence-electron chi connectivity index (χ3n) is 1.96. The van der Waals surface area contributed by atoms with Crippen molar-refractivity contribution in [2.24, 2.45) is 4.99 Å². The Morgan fingerprint density at radius 3 is 3.22 bits per heavy atom. The zero-order valence-electron chi connectivity index (χ0n) is 9.70. The highest BCUT2D eigenvalue weighted by Crippen LogP contribution is 2.04. The van der Waals surface area contributed by atoms with Crippen LogP contribution in [-0.4, -0.2) is 39.0 Å². The van der Waals surface area contributed by atoms with Crippen molar-refractivity contribution in [1.29, 1.82) is 0 Å². The lowest BCUT2D eigenvalue weighted by atomic mass is 10.3. The number of esters is 1. The van der Waals surface area contributed by atoms with Crippen LogP contribution in [-0.2, 0) is 4.74 Å². The van der Waals surface area contributed by atoms with Gasteiger partial charge in [-0.25, -0.2) is 9.79 Å². The van der Waals surface area contributed by atoms with E-state index in [9.17, 15) is 4.79 Å². The summed E-state index contributed by atoms with van der Waals surface area (Å²) >= 11 is 0. The average Bonchev–Trinajstić information content (AvgIpc) is 2.87. The third kappa shape index (κ3) is 2.97. The molecule has 0 radical (unpaired) electrons. The molecule has 1 N–H and O–H groups in total. The number of nitrogens with one attached hydrogen (secondary N) is 1. The van der Waals surface area contributed by atoms with Gasteiger partial charge in [-0.15, -0.1) is 5.10 Å². The Morgan fingerprint density at radius 1 is 1.61 bits per heavy atom. The van der Waals surface area contributed by atoms with E-state index in [2.05, 4.69) is 25.2 Å². The van der Waals surface area contributed by atoms with Crippen molar-refractivity contribution in [2.45, 2.75) is 6.92 Å². The molecule has 2 rings (SSSR count). The van der Waals surface area contributed by atoms with E-state index in [1.165, 1.54) is 0 Å². The lowest BCUT2D eigenvalue weighted by Gasteiger charge is -1.94. The van der Waals surface area contributed by atoms with E-state index >= 15 is 0 Å². The van der Waals surface area contributed by atoms with Crippen molar-refractivity contribution in [3.63, 3.8) is 0 Å². The molecular formula is C11H11N5O2. The molecule has 0 saturated heterocycles. The van der Waals surface area contributed by atoms with Gasteiger partial charge >= 0.3 is 5.97 Å². The molecule has 0 aliphatic rings. The number of carbonyl (C=O) groups is 1. The highest BCUT2D eigenvalue weighted by molar-refractivity contribution is 5.85. The van der Waals surface area contributed by atoms with E-state index in [-0.39, 0.29) is 18.4 Å². The molecule has 0 atom stereocenters. The predicted octanol–water partition coefficient (Wildman–Crippen LogP) is 1.13. The van der Waals surface area contributed by atoms with Crippen LogP contribution in [0.15, 0.2) is 29.5 Å². The minimum absolute atomic E-state index is 0.0372. The SMILES string of the molecule is CCOC(=O)c1nc(/N=C/c2cccnc2)n[nH]1. The molecule has 0 fully saturated rings. The lowest BCUT2D eigenvalue weighted by Crippen LogP contribution is -2.06. The van der Waals surface area contributed by atoms with Gasteiger partial charge in [0.2, 0.25) is 5.82 Å². The third-order valence-corrected chi connectivity index (χ3v) is 1.96. The molecule has 18 heavy (non-hydrogen) atoms. The van der Waals surface area contributed by atoms with Crippen LogP contribution in [0.25, 0.3) is 0 Å². The number of aliphatic imine (C=N–C) groups is 1. The number of pyridine rings is 1. The molecule has 7 heteroatoms. The van der Waals surface area contributed by atoms with Gasteiger partial charge in [0.15, 0.2) is 0 Å². The van der Waals surface area contributed by atoms with Crippen molar-refractivity contribution in [3.05, 3.63) is 35.9 Å². The fourth-order valence-corrected chi connectivity index (χ4v) is 1.19. The highest BCUT2D eigenvalue weighted by Gasteiger charge is 2.11. The molecule has 0 aliphatic carbocycles.